The molecule has 1 aromatic rings. The van der Waals surface area contributed by atoms with Gasteiger partial charge in [0.25, 0.3) is 0 Å². The summed E-state index contributed by atoms with van der Waals surface area (Å²) in [6.45, 7) is 0.141. The third kappa shape index (κ3) is 6.14. The summed E-state index contributed by atoms with van der Waals surface area (Å²) in [4.78, 5) is 11.3. The zero-order valence-corrected chi connectivity index (χ0v) is 11.1. The molecule has 0 saturated carbocycles. The summed E-state index contributed by atoms with van der Waals surface area (Å²) >= 11 is 0. The molecule has 0 heterocycles. The van der Waals surface area contributed by atoms with Crippen molar-refractivity contribution in [1.82, 2.24) is 5.32 Å². The SMILES string of the molecule is CS(=O)(=O)CCCNC(=O)Nc1ccc(F)cc1F. The van der Waals surface area contributed by atoms with Crippen LogP contribution < -0.4 is 10.6 Å². The Kier molecular flexibility index (Phi) is 5.22. The van der Waals surface area contributed by atoms with Crippen molar-refractivity contribution < 1.29 is 22.0 Å². The molecule has 0 spiro atoms. The third-order valence-corrected chi connectivity index (χ3v) is 3.19. The Hall–Kier alpha value is -1.70. The number of anilines is 1. The lowest BCUT2D eigenvalue weighted by Gasteiger charge is -2.08. The van der Waals surface area contributed by atoms with Crippen LogP contribution in [-0.4, -0.2) is 33.0 Å². The van der Waals surface area contributed by atoms with E-state index in [2.05, 4.69) is 10.6 Å². The van der Waals surface area contributed by atoms with Gasteiger partial charge in [0.15, 0.2) is 0 Å². The molecule has 0 saturated heterocycles. The molecule has 0 atom stereocenters. The molecule has 5 nitrogen and oxygen atoms in total. The lowest BCUT2D eigenvalue weighted by molar-refractivity contribution is 0.252. The minimum absolute atomic E-state index is 0.0435. The Morgan fingerprint density at radius 1 is 1.32 bits per heavy atom. The topological polar surface area (TPSA) is 75.3 Å². The highest BCUT2D eigenvalue weighted by Crippen LogP contribution is 2.14. The summed E-state index contributed by atoms with van der Waals surface area (Å²) in [5, 5.41) is 4.56. The van der Waals surface area contributed by atoms with Crippen LogP contribution in [-0.2, 0) is 9.84 Å². The average Bonchev–Trinajstić information content (AvgIpc) is 2.27. The molecule has 0 aliphatic carbocycles. The zero-order valence-electron chi connectivity index (χ0n) is 10.2. The Balaban J connectivity index is 2.39. The van der Waals surface area contributed by atoms with E-state index in [1.165, 1.54) is 0 Å². The number of nitrogens with one attached hydrogen (secondary N) is 2. The number of carbonyl (C=O) groups excluding carboxylic acids is 1. The zero-order chi connectivity index (χ0) is 14.5. The van der Waals surface area contributed by atoms with Crippen LogP contribution >= 0.6 is 0 Å². The van der Waals surface area contributed by atoms with Gasteiger partial charge in [0, 0.05) is 18.9 Å². The molecule has 0 fully saturated rings. The van der Waals surface area contributed by atoms with Gasteiger partial charge in [0.1, 0.15) is 21.5 Å². The van der Waals surface area contributed by atoms with E-state index in [4.69, 9.17) is 0 Å². The van der Waals surface area contributed by atoms with Crippen LogP contribution in [0.4, 0.5) is 19.3 Å². The van der Waals surface area contributed by atoms with Crippen LogP contribution in [0.3, 0.4) is 0 Å². The van der Waals surface area contributed by atoms with Crippen LogP contribution in [0, 0.1) is 11.6 Å². The van der Waals surface area contributed by atoms with Crippen molar-refractivity contribution in [3.05, 3.63) is 29.8 Å². The molecule has 0 aliphatic heterocycles. The number of carbonyl (C=O) groups is 1. The molecule has 106 valence electrons. The largest absolute Gasteiger partial charge is 0.338 e. The number of hydrogen-bond acceptors (Lipinski definition) is 3. The maximum absolute atomic E-state index is 13.2. The monoisotopic (exact) mass is 292 g/mol. The van der Waals surface area contributed by atoms with Gasteiger partial charge >= 0.3 is 6.03 Å². The second kappa shape index (κ2) is 6.46. The van der Waals surface area contributed by atoms with Gasteiger partial charge in [0.05, 0.1) is 11.4 Å². The Labute approximate surface area is 109 Å². The molecule has 0 unspecified atom stereocenters. The van der Waals surface area contributed by atoms with Crippen molar-refractivity contribution in [1.29, 1.82) is 0 Å². The first kappa shape index (κ1) is 15.4. The number of sulfone groups is 1. The number of benzene rings is 1. The summed E-state index contributed by atoms with van der Waals surface area (Å²) in [7, 11) is -3.07. The van der Waals surface area contributed by atoms with Gasteiger partial charge < -0.3 is 10.6 Å². The van der Waals surface area contributed by atoms with Crippen LogP contribution in [0.1, 0.15) is 6.42 Å². The van der Waals surface area contributed by atoms with Crippen molar-refractivity contribution in [2.75, 3.05) is 23.9 Å². The van der Waals surface area contributed by atoms with Crippen molar-refractivity contribution in [2.45, 2.75) is 6.42 Å². The second-order valence-corrected chi connectivity index (χ2v) is 6.25. The lowest BCUT2D eigenvalue weighted by Crippen LogP contribution is -2.30. The maximum Gasteiger partial charge on any atom is 0.319 e. The number of urea groups is 1. The fourth-order valence-electron chi connectivity index (χ4n) is 1.29. The fraction of sp³-hybridized carbons (Fsp3) is 0.364. The van der Waals surface area contributed by atoms with Crippen molar-refractivity contribution >= 4 is 21.6 Å². The smallest absolute Gasteiger partial charge is 0.319 e. The van der Waals surface area contributed by atoms with Gasteiger partial charge in [-0.05, 0) is 18.6 Å². The number of hydrogen-bond donors (Lipinski definition) is 2. The number of rotatable bonds is 5. The first-order valence-corrected chi connectivity index (χ1v) is 7.51. The van der Waals surface area contributed by atoms with E-state index in [1.54, 1.807) is 0 Å². The summed E-state index contributed by atoms with van der Waals surface area (Å²) in [6.07, 6.45) is 1.36. The molecule has 8 heteroatoms. The average molecular weight is 292 g/mol. The highest BCUT2D eigenvalue weighted by atomic mass is 32.2. The molecular formula is C11H14F2N2O3S. The highest BCUT2D eigenvalue weighted by molar-refractivity contribution is 7.90. The molecular weight excluding hydrogens is 278 g/mol. The second-order valence-electron chi connectivity index (χ2n) is 3.99. The predicted octanol–water partition coefficient (Wildman–Crippen LogP) is 1.52. The van der Waals surface area contributed by atoms with Crippen molar-refractivity contribution in [3.63, 3.8) is 0 Å². The minimum atomic E-state index is -3.07. The standard InChI is InChI=1S/C11H14F2N2O3S/c1-19(17,18)6-2-5-14-11(16)15-10-4-3-8(12)7-9(10)13/h3-4,7H,2,5-6H2,1H3,(H2,14,15,16). The summed E-state index contributed by atoms with van der Waals surface area (Å²) in [6, 6.07) is 2.08. The molecule has 0 aromatic heterocycles. The van der Waals surface area contributed by atoms with E-state index in [1.807, 2.05) is 0 Å². The van der Waals surface area contributed by atoms with Gasteiger partial charge in [-0.25, -0.2) is 22.0 Å². The normalized spacial score (nSPS) is 11.1. The van der Waals surface area contributed by atoms with Crippen LogP contribution in [0.15, 0.2) is 18.2 Å². The first-order chi connectivity index (χ1) is 8.78. The summed E-state index contributed by atoms with van der Waals surface area (Å²) in [5.74, 6) is -1.67. The molecule has 2 amide bonds. The van der Waals surface area contributed by atoms with Gasteiger partial charge in [-0.1, -0.05) is 0 Å². The maximum atomic E-state index is 13.2. The van der Waals surface area contributed by atoms with Crippen LogP contribution in [0.25, 0.3) is 0 Å². The van der Waals surface area contributed by atoms with E-state index in [-0.39, 0.29) is 24.4 Å². The number of halogens is 2. The third-order valence-electron chi connectivity index (χ3n) is 2.16. The number of amides is 2. The Bertz CT molecular complexity index is 561. The Morgan fingerprint density at radius 3 is 2.58 bits per heavy atom. The quantitative estimate of drug-likeness (QED) is 0.808. The highest BCUT2D eigenvalue weighted by Gasteiger charge is 2.08. The van der Waals surface area contributed by atoms with Crippen molar-refractivity contribution in [3.8, 4) is 0 Å². The van der Waals surface area contributed by atoms with Crippen molar-refractivity contribution in [2.24, 2.45) is 0 Å². The van der Waals surface area contributed by atoms with Gasteiger partial charge in [-0.2, -0.15) is 0 Å². The fourth-order valence-corrected chi connectivity index (χ4v) is 1.96. The summed E-state index contributed by atoms with van der Waals surface area (Å²) in [5.41, 5.74) is -0.151. The van der Waals surface area contributed by atoms with Gasteiger partial charge in [0.2, 0.25) is 0 Å². The molecule has 0 radical (unpaired) electrons. The van der Waals surface area contributed by atoms with E-state index in [0.717, 1.165) is 18.4 Å². The van der Waals surface area contributed by atoms with E-state index in [0.29, 0.717) is 6.07 Å². The molecule has 2 N–H and O–H groups in total. The van der Waals surface area contributed by atoms with Crippen LogP contribution in [0.5, 0.6) is 0 Å². The van der Waals surface area contributed by atoms with Crippen LogP contribution in [0.2, 0.25) is 0 Å². The molecule has 0 bridgehead atoms. The van der Waals surface area contributed by atoms with E-state index >= 15 is 0 Å². The minimum Gasteiger partial charge on any atom is -0.338 e. The van der Waals surface area contributed by atoms with E-state index < -0.39 is 27.5 Å². The Morgan fingerprint density at radius 2 is 2.00 bits per heavy atom. The molecule has 1 aromatic carbocycles. The molecule has 19 heavy (non-hydrogen) atoms. The lowest BCUT2D eigenvalue weighted by atomic mass is 10.3. The van der Waals surface area contributed by atoms with Gasteiger partial charge in [-0.15, -0.1) is 0 Å². The predicted molar refractivity (Wildman–Crippen MR) is 67.7 cm³/mol. The molecule has 1 rings (SSSR count). The van der Waals surface area contributed by atoms with Gasteiger partial charge in [-0.3, -0.25) is 0 Å². The molecule has 0 aliphatic rings. The first-order valence-electron chi connectivity index (χ1n) is 5.45. The van der Waals surface area contributed by atoms with E-state index in [9.17, 15) is 22.0 Å². The summed E-state index contributed by atoms with van der Waals surface area (Å²) < 4.78 is 47.5.